The summed E-state index contributed by atoms with van der Waals surface area (Å²) in [5, 5.41) is 11.7. The average molecular weight is 939 g/mol. The number of hydrogen-bond acceptors (Lipinski definition) is 9. The average Bonchev–Trinajstić information content (AvgIpc) is 4.08. The highest BCUT2D eigenvalue weighted by Crippen LogP contribution is 2.41. The van der Waals surface area contributed by atoms with Crippen molar-refractivity contribution in [2.75, 3.05) is 26.4 Å². The highest BCUT2D eigenvalue weighted by Gasteiger charge is 2.55. The van der Waals surface area contributed by atoms with Crippen LogP contribution in [-0.2, 0) is 44.9 Å². The molecule has 6 heterocycles. The number of fused-ring (bicyclic) bond motifs is 3. The SMILES string of the molecule is CCCCOc1ccc(C[C@@H]2[C@@H]3OC(C)(C)O[C@H]3[C@@H](Cc3ccc(OCCCC)cc3)N(Cc3ccc4c(cnn4C4CCCCO4)c3)C(=O)N2Cc2ccc3c(cnn3C3CCCCO3)c2)cc1. The molecule has 4 aromatic carbocycles. The number of urea groups is 1. The van der Waals surface area contributed by atoms with Crippen LogP contribution in [0.4, 0.5) is 4.79 Å². The molecule has 0 aliphatic carbocycles. The second kappa shape index (κ2) is 21.3. The molecule has 4 saturated heterocycles. The van der Waals surface area contributed by atoms with Crippen molar-refractivity contribution in [1.29, 1.82) is 0 Å². The predicted octanol–water partition coefficient (Wildman–Crippen LogP) is 11.3. The van der Waals surface area contributed by atoms with Crippen LogP contribution in [0.2, 0.25) is 0 Å². The highest BCUT2D eigenvalue weighted by atomic mass is 16.8. The van der Waals surface area contributed by atoms with Gasteiger partial charge in [-0.2, -0.15) is 10.2 Å². The van der Waals surface area contributed by atoms with Gasteiger partial charge in [-0.05, 0) is 149 Å². The van der Waals surface area contributed by atoms with Crippen LogP contribution in [0.15, 0.2) is 97.3 Å². The molecule has 13 nitrogen and oxygen atoms in total. The third-order valence-electron chi connectivity index (χ3n) is 14.4. The van der Waals surface area contributed by atoms with Gasteiger partial charge in [-0.1, -0.05) is 63.1 Å². The Morgan fingerprint density at radius 3 is 1.43 bits per heavy atom. The fourth-order valence-electron chi connectivity index (χ4n) is 10.7. The predicted molar refractivity (Wildman–Crippen MR) is 266 cm³/mol. The van der Waals surface area contributed by atoms with Gasteiger partial charge < -0.3 is 38.2 Å². The van der Waals surface area contributed by atoms with E-state index < -0.39 is 18.0 Å². The minimum atomic E-state index is -0.902. The Labute approximate surface area is 406 Å². The van der Waals surface area contributed by atoms with Gasteiger partial charge in [0.1, 0.15) is 23.7 Å². The van der Waals surface area contributed by atoms with Gasteiger partial charge in [0.2, 0.25) is 0 Å². The number of carbonyl (C=O) groups is 1. The van der Waals surface area contributed by atoms with E-state index in [2.05, 4.69) is 84.3 Å². The summed E-state index contributed by atoms with van der Waals surface area (Å²) in [5.74, 6) is 0.783. The Hall–Kier alpha value is -5.47. The van der Waals surface area contributed by atoms with Gasteiger partial charge in [0, 0.05) is 37.1 Å². The first-order valence-electron chi connectivity index (χ1n) is 25.8. The minimum Gasteiger partial charge on any atom is -0.494 e. The summed E-state index contributed by atoms with van der Waals surface area (Å²) < 4.78 is 42.7. The Morgan fingerprint density at radius 2 is 1.03 bits per heavy atom. The maximum atomic E-state index is 16.1. The maximum Gasteiger partial charge on any atom is 0.321 e. The van der Waals surface area contributed by atoms with E-state index in [4.69, 9.17) is 38.6 Å². The number of benzene rings is 4. The molecule has 13 heteroatoms. The minimum absolute atomic E-state index is 0.0683. The summed E-state index contributed by atoms with van der Waals surface area (Å²) in [6.07, 6.45) is 14.3. The molecule has 366 valence electrons. The van der Waals surface area contributed by atoms with E-state index in [1.165, 1.54) is 0 Å². The number of amides is 2. The summed E-state index contributed by atoms with van der Waals surface area (Å²) >= 11 is 0. The van der Waals surface area contributed by atoms with E-state index in [-0.39, 0.29) is 30.6 Å². The van der Waals surface area contributed by atoms with Crippen molar-refractivity contribution in [2.24, 2.45) is 0 Å². The van der Waals surface area contributed by atoms with Crippen molar-refractivity contribution in [3.63, 3.8) is 0 Å². The van der Waals surface area contributed by atoms with Crippen LogP contribution in [0.25, 0.3) is 21.8 Å². The van der Waals surface area contributed by atoms with Crippen molar-refractivity contribution in [3.8, 4) is 11.5 Å². The van der Waals surface area contributed by atoms with Gasteiger partial charge in [-0.15, -0.1) is 0 Å². The molecule has 0 N–H and O–H groups in total. The molecule has 2 amide bonds. The van der Waals surface area contributed by atoms with Crippen LogP contribution in [0, 0.1) is 0 Å². The number of rotatable bonds is 18. The summed E-state index contributed by atoms with van der Waals surface area (Å²) in [6.45, 7) is 11.9. The molecule has 69 heavy (non-hydrogen) atoms. The number of aromatic nitrogens is 4. The number of ether oxygens (including phenoxy) is 6. The first-order valence-corrected chi connectivity index (χ1v) is 25.8. The third-order valence-corrected chi connectivity index (χ3v) is 14.4. The van der Waals surface area contributed by atoms with Gasteiger partial charge in [0.25, 0.3) is 0 Å². The van der Waals surface area contributed by atoms with Crippen molar-refractivity contribution in [1.82, 2.24) is 29.4 Å². The van der Waals surface area contributed by atoms with Gasteiger partial charge >= 0.3 is 6.03 Å². The lowest BCUT2D eigenvalue weighted by molar-refractivity contribution is -0.157. The van der Waals surface area contributed by atoms with Crippen molar-refractivity contribution < 1.29 is 33.2 Å². The normalized spacial score (nSPS) is 23.9. The standard InChI is InChI=1S/C56H70N6O7/c1-5-7-27-64-45-21-15-39(16-22-45)33-49-53-54(69-56(3,4)68-53)50(34-40-17-23-46(24-18-40)65-28-8-6-2)60(38-42-20-26-48-44(32-42)36-58-62(48)52-14-10-12-30-67-52)55(63)59(49)37-41-19-25-47-43(31-41)35-57-61(47)51-13-9-11-29-66-51/h15-26,31-32,35-36,49-54H,5-14,27-30,33-34,37-38H2,1-4H3/t49-,50-,51?,52?,53+,54+/m1/s1. The van der Waals surface area contributed by atoms with Crippen LogP contribution in [-0.4, -0.2) is 91.9 Å². The topological polar surface area (TPSA) is 115 Å². The molecule has 0 bridgehead atoms. The molecule has 4 fully saturated rings. The van der Waals surface area contributed by atoms with Crippen LogP contribution in [0.1, 0.15) is 127 Å². The lowest BCUT2D eigenvalue weighted by Crippen LogP contribution is -2.51. The fraction of sp³-hybridized carbons (Fsp3) is 0.518. The van der Waals surface area contributed by atoms with Gasteiger partial charge in [-0.25, -0.2) is 14.2 Å². The summed E-state index contributed by atoms with van der Waals surface area (Å²) in [5.41, 5.74) is 6.25. The second-order valence-corrected chi connectivity index (χ2v) is 19.9. The van der Waals surface area contributed by atoms with Crippen LogP contribution in [0.5, 0.6) is 11.5 Å². The summed E-state index contributed by atoms with van der Waals surface area (Å²) in [6, 6.07) is 28.8. The summed E-state index contributed by atoms with van der Waals surface area (Å²) in [4.78, 5) is 20.3. The van der Waals surface area contributed by atoms with Crippen molar-refractivity contribution in [2.45, 2.75) is 160 Å². The molecule has 2 unspecified atom stereocenters. The molecule has 0 radical (unpaired) electrons. The van der Waals surface area contributed by atoms with Crippen molar-refractivity contribution in [3.05, 3.63) is 120 Å². The molecule has 4 aliphatic rings. The lowest BCUT2D eigenvalue weighted by atomic mass is 9.90. The monoisotopic (exact) mass is 939 g/mol. The Morgan fingerprint density at radius 1 is 0.594 bits per heavy atom. The van der Waals surface area contributed by atoms with Crippen LogP contribution in [0.3, 0.4) is 0 Å². The molecule has 0 spiro atoms. The van der Waals surface area contributed by atoms with Crippen molar-refractivity contribution >= 4 is 27.8 Å². The van der Waals surface area contributed by atoms with Gasteiger partial charge in [-0.3, -0.25) is 0 Å². The molecule has 6 aromatic rings. The molecule has 2 aromatic heterocycles. The zero-order valence-electron chi connectivity index (χ0n) is 41.0. The largest absolute Gasteiger partial charge is 0.494 e. The quantitative estimate of drug-likeness (QED) is 0.0777. The number of unbranched alkanes of at least 4 members (excludes halogenated alkanes) is 2. The highest BCUT2D eigenvalue weighted by molar-refractivity contribution is 5.81. The van der Waals surface area contributed by atoms with E-state index in [9.17, 15) is 0 Å². The third kappa shape index (κ3) is 10.7. The number of carbonyl (C=O) groups excluding carboxylic acids is 1. The fourth-order valence-corrected chi connectivity index (χ4v) is 10.7. The molecule has 0 saturated carbocycles. The smallest absolute Gasteiger partial charge is 0.321 e. The van der Waals surface area contributed by atoms with E-state index in [0.717, 1.165) is 133 Å². The lowest BCUT2D eigenvalue weighted by Gasteiger charge is -2.37. The van der Waals surface area contributed by atoms with E-state index >= 15 is 4.79 Å². The zero-order chi connectivity index (χ0) is 47.3. The molecule has 4 aliphatic heterocycles. The molecule has 6 atom stereocenters. The Balaban J connectivity index is 1.04. The Kier molecular flexibility index (Phi) is 14.5. The molecular formula is C56H70N6O7. The van der Waals surface area contributed by atoms with Gasteiger partial charge in [0.05, 0.1) is 48.7 Å². The van der Waals surface area contributed by atoms with Gasteiger partial charge in [0.15, 0.2) is 18.2 Å². The second-order valence-electron chi connectivity index (χ2n) is 19.9. The van der Waals surface area contributed by atoms with E-state index in [0.29, 0.717) is 39.1 Å². The first-order chi connectivity index (χ1) is 33.7. The maximum absolute atomic E-state index is 16.1. The number of nitrogens with zero attached hydrogens (tertiary/aromatic N) is 6. The first kappa shape index (κ1) is 47.2. The number of hydrogen-bond donors (Lipinski definition) is 0. The Bertz CT molecular complexity index is 2460. The zero-order valence-corrected chi connectivity index (χ0v) is 41.0. The van der Waals surface area contributed by atoms with E-state index in [1.807, 2.05) is 59.9 Å². The molecular weight excluding hydrogens is 869 g/mol. The summed E-state index contributed by atoms with van der Waals surface area (Å²) in [7, 11) is 0. The van der Waals surface area contributed by atoms with Crippen LogP contribution >= 0.6 is 0 Å². The molecule has 10 rings (SSSR count). The van der Waals surface area contributed by atoms with E-state index in [1.54, 1.807) is 0 Å². The van der Waals surface area contributed by atoms with Crippen LogP contribution < -0.4 is 9.47 Å².